The van der Waals surface area contributed by atoms with E-state index in [4.69, 9.17) is 4.74 Å². The van der Waals surface area contributed by atoms with Gasteiger partial charge in [0.2, 0.25) is 5.91 Å². The Balaban J connectivity index is 3.48. The third-order valence-electron chi connectivity index (χ3n) is 12.8. The van der Waals surface area contributed by atoms with Gasteiger partial charge < -0.3 is 20.3 Å². The molecule has 0 aromatic carbocycles. The van der Waals surface area contributed by atoms with E-state index in [-0.39, 0.29) is 18.5 Å². The summed E-state index contributed by atoms with van der Waals surface area (Å²) in [5, 5.41) is 23.3. The minimum atomic E-state index is -0.680. The van der Waals surface area contributed by atoms with Crippen molar-refractivity contribution in [2.24, 2.45) is 0 Å². The second-order valence-corrected chi connectivity index (χ2v) is 18.9. The highest BCUT2D eigenvalue weighted by molar-refractivity contribution is 5.76. The number of esters is 1. The zero-order valence-electron chi connectivity index (χ0n) is 41.6. The van der Waals surface area contributed by atoms with E-state index in [1.807, 2.05) is 0 Å². The molecular formula is C56H107NO5. The number of allylic oxidation sites excluding steroid dienone is 4. The number of hydrogen-bond acceptors (Lipinski definition) is 5. The molecule has 2 unspecified atom stereocenters. The van der Waals surface area contributed by atoms with Gasteiger partial charge in [-0.25, -0.2) is 0 Å². The quantitative estimate of drug-likeness (QED) is 0.0321. The van der Waals surface area contributed by atoms with Gasteiger partial charge in [0, 0.05) is 12.8 Å². The van der Waals surface area contributed by atoms with E-state index >= 15 is 0 Å². The molecule has 0 radical (unpaired) electrons. The zero-order valence-corrected chi connectivity index (χ0v) is 41.6. The van der Waals surface area contributed by atoms with E-state index in [0.29, 0.717) is 25.9 Å². The lowest BCUT2D eigenvalue weighted by atomic mass is 10.0. The molecule has 0 aromatic heterocycles. The molecule has 1 amide bonds. The first-order valence-electron chi connectivity index (χ1n) is 27.6. The van der Waals surface area contributed by atoms with E-state index < -0.39 is 12.1 Å². The number of aliphatic hydroxyl groups excluding tert-OH is 2. The number of ether oxygens (including phenoxy) is 1. The minimum Gasteiger partial charge on any atom is -0.466 e. The van der Waals surface area contributed by atoms with Crippen molar-refractivity contribution in [2.45, 2.75) is 309 Å². The second-order valence-electron chi connectivity index (χ2n) is 18.9. The first kappa shape index (κ1) is 60.3. The van der Waals surface area contributed by atoms with Crippen LogP contribution < -0.4 is 5.32 Å². The predicted octanol–water partition coefficient (Wildman–Crippen LogP) is 16.7. The highest BCUT2D eigenvalue weighted by atomic mass is 16.5. The molecule has 3 N–H and O–H groups in total. The summed E-state index contributed by atoms with van der Waals surface area (Å²) in [7, 11) is 0. The van der Waals surface area contributed by atoms with Crippen LogP contribution in [0.15, 0.2) is 24.3 Å². The lowest BCUT2D eigenvalue weighted by Crippen LogP contribution is -2.45. The monoisotopic (exact) mass is 874 g/mol. The summed E-state index contributed by atoms with van der Waals surface area (Å²) in [6.07, 6.45) is 61.5. The van der Waals surface area contributed by atoms with Crippen LogP contribution in [0.3, 0.4) is 0 Å². The summed E-state index contributed by atoms with van der Waals surface area (Å²) in [6, 6.07) is -0.560. The van der Waals surface area contributed by atoms with E-state index in [2.05, 4.69) is 43.5 Å². The molecule has 0 aliphatic heterocycles. The van der Waals surface area contributed by atoms with Gasteiger partial charge in [-0.3, -0.25) is 9.59 Å². The lowest BCUT2D eigenvalue weighted by molar-refractivity contribution is -0.143. The standard InChI is InChI=1S/C56H107NO5/c1-3-5-7-9-11-13-15-17-19-20-21-22-23-25-26-28-32-36-40-44-48-54(59)53(52-58)57-55(60)49-45-41-37-33-30-31-35-39-43-47-51-62-56(61)50-46-42-38-34-29-27-24-18-16-14-12-10-8-6-4-2/h12,14,18,24,53-54,58-59H,3-11,13,15-17,19-23,25-52H2,1-2H3,(H,57,60)/b14-12-,24-18-. The van der Waals surface area contributed by atoms with Crippen LogP contribution in [0.5, 0.6) is 0 Å². The number of carbonyl (C=O) groups is 2. The Morgan fingerprint density at radius 3 is 1.26 bits per heavy atom. The van der Waals surface area contributed by atoms with Gasteiger partial charge in [0.15, 0.2) is 0 Å². The summed E-state index contributed by atoms with van der Waals surface area (Å²) in [6.45, 7) is 4.88. The smallest absolute Gasteiger partial charge is 0.305 e. The molecular weight excluding hydrogens is 767 g/mol. The van der Waals surface area contributed by atoms with Crippen molar-refractivity contribution >= 4 is 11.9 Å². The van der Waals surface area contributed by atoms with Crippen LogP contribution in [-0.4, -0.2) is 47.4 Å². The number of hydrogen-bond donors (Lipinski definition) is 3. The Bertz CT molecular complexity index is 966. The largest absolute Gasteiger partial charge is 0.466 e. The van der Waals surface area contributed by atoms with Crippen LogP contribution >= 0.6 is 0 Å². The van der Waals surface area contributed by atoms with Crippen molar-refractivity contribution in [1.29, 1.82) is 0 Å². The van der Waals surface area contributed by atoms with Gasteiger partial charge >= 0.3 is 5.97 Å². The third kappa shape index (κ3) is 47.8. The summed E-state index contributed by atoms with van der Waals surface area (Å²) in [4.78, 5) is 24.5. The van der Waals surface area contributed by atoms with Crippen LogP contribution in [0.1, 0.15) is 296 Å². The molecule has 0 heterocycles. The van der Waals surface area contributed by atoms with Crippen molar-refractivity contribution in [3.63, 3.8) is 0 Å². The maximum atomic E-state index is 12.5. The van der Waals surface area contributed by atoms with Gasteiger partial charge in [-0.15, -0.1) is 0 Å². The maximum absolute atomic E-state index is 12.5. The van der Waals surface area contributed by atoms with E-state index in [1.165, 1.54) is 193 Å². The van der Waals surface area contributed by atoms with Crippen molar-refractivity contribution in [1.82, 2.24) is 5.32 Å². The SMILES string of the molecule is CCCCC/C=C\C/C=C\CCCCCCCC(=O)OCCCCCCCCCCCCC(=O)NC(CO)C(O)CCCCCCCCCCCCCCCCCCCCCC. The van der Waals surface area contributed by atoms with Crippen molar-refractivity contribution in [3.8, 4) is 0 Å². The molecule has 62 heavy (non-hydrogen) atoms. The summed E-state index contributed by atoms with van der Waals surface area (Å²) in [5.74, 6) is -0.0888. The molecule has 0 saturated heterocycles. The number of amides is 1. The molecule has 0 saturated carbocycles. The fourth-order valence-corrected chi connectivity index (χ4v) is 8.49. The first-order chi connectivity index (χ1) is 30.5. The van der Waals surface area contributed by atoms with Crippen LogP contribution in [0.25, 0.3) is 0 Å². The fourth-order valence-electron chi connectivity index (χ4n) is 8.49. The van der Waals surface area contributed by atoms with Crippen LogP contribution in [0.2, 0.25) is 0 Å². The fraction of sp³-hybridized carbons (Fsp3) is 0.893. The van der Waals surface area contributed by atoms with E-state index in [1.54, 1.807) is 0 Å². The zero-order chi connectivity index (χ0) is 45.1. The first-order valence-corrected chi connectivity index (χ1v) is 27.6. The number of unbranched alkanes of at least 4 members (excludes halogenated alkanes) is 36. The average Bonchev–Trinajstić information content (AvgIpc) is 3.27. The molecule has 0 spiro atoms. The summed E-state index contributed by atoms with van der Waals surface area (Å²) < 4.78 is 5.45. The molecule has 0 aliphatic rings. The molecule has 0 bridgehead atoms. The van der Waals surface area contributed by atoms with Crippen LogP contribution in [0.4, 0.5) is 0 Å². The maximum Gasteiger partial charge on any atom is 0.305 e. The Hall–Kier alpha value is -1.66. The van der Waals surface area contributed by atoms with E-state index in [9.17, 15) is 19.8 Å². The molecule has 0 fully saturated rings. The molecule has 0 rings (SSSR count). The van der Waals surface area contributed by atoms with Gasteiger partial charge in [0.05, 0.1) is 25.4 Å². The molecule has 6 heteroatoms. The highest BCUT2D eigenvalue weighted by Crippen LogP contribution is 2.17. The van der Waals surface area contributed by atoms with Crippen LogP contribution in [-0.2, 0) is 14.3 Å². The third-order valence-corrected chi connectivity index (χ3v) is 12.8. The normalized spacial score (nSPS) is 12.8. The van der Waals surface area contributed by atoms with Gasteiger partial charge in [-0.2, -0.15) is 0 Å². The topological polar surface area (TPSA) is 95.9 Å². The van der Waals surface area contributed by atoms with E-state index in [0.717, 1.165) is 70.6 Å². The molecule has 366 valence electrons. The Morgan fingerprint density at radius 2 is 0.806 bits per heavy atom. The predicted molar refractivity (Wildman–Crippen MR) is 269 cm³/mol. The number of rotatable bonds is 51. The van der Waals surface area contributed by atoms with Gasteiger partial charge in [0.25, 0.3) is 0 Å². The Kier molecular flexibility index (Phi) is 50.6. The summed E-state index contributed by atoms with van der Waals surface area (Å²) in [5.41, 5.74) is 0. The van der Waals surface area contributed by atoms with Gasteiger partial charge in [-0.1, -0.05) is 250 Å². The van der Waals surface area contributed by atoms with Gasteiger partial charge in [-0.05, 0) is 57.8 Å². The minimum absolute atomic E-state index is 0.0322. The van der Waals surface area contributed by atoms with Crippen molar-refractivity contribution in [3.05, 3.63) is 24.3 Å². The highest BCUT2D eigenvalue weighted by Gasteiger charge is 2.20. The Labute approximate surface area is 386 Å². The van der Waals surface area contributed by atoms with Crippen molar-refractivity contribution in [2.75, 3.05) is 13.2 Å². The molecule has 0 aliphatic carbocycles. The molecule has 6 nitrogen and oxygen atoms in total. The average molecular weight is 874 g/mol. The van der Waals surface area contributed by atoms with Crippen LogP contribution in [0, 0.1) is 0 Å². The number of aliphatic hydroxyl groups is 2. The summed E-state index contributed by atoms with van der Waals surface area (Å²) >= 11 is 0. The Morgan fingerprint density at radius 1 is 0.452 bits per heavy atom. The van der Waals surface area contributed by atoms with Crippen molar-refractivity contribution < 1.29 is 24.5 Å². The number of nitrogens with one attached hydrogen (secondary N) is 1. The van der Waals surface area contributed by atoms with Gasteiger partial charge in [0.1, 0.15) is 0 Å². The molecule has 0 aromatic rings. The number of carbonyl (C=O) groups excluding carboxylic acids is 2. The lowest BCUT2D eigenvalue weighted by Gasteiger charge is -2.22. The second kappa shape index (κ2) is 52.0. The molecule has 2 atom stereocenters.